The highest BCUT2D eigenvalue weighted by Crippen LogP contribution is 2.38. The van der Waals surface area contributed by atoms with E-state index in [1.54, 1.807) is 50.3 Å². The van der Waals surface area contributed by atoms with Crippen LogP contribution in [0.2, 0.25) is 10.0 Å². The van der Waals surface area contributed by atoms with Crippen LogP contribution >= 0.6 is 23.2 Å². The number of rotatable bonds is 11. The second-order valence-corrected chi connectivity index (χ2v) is 19.1. The Kier molecular flexibility index (Phi) is 15.9. The first-order valence-electron chi connectivity index (χ1n) is 23.6. The average molecular weight is 969 g/mol. The number of carbonyl (C=O) groups excluding carboxylic acids is 3. The molecule has 0 bridgehead atoms. The number of nitrogens with one attached hydrogen (secondary N) is 1. The van der Waals surface area contributed by atoms with Gasteiger partial charge in [0.05, 0.1) is 13.2 Å². The molecule has 1 N–H and O–H groups in total. The maximum absolute atomic E-state index is 14.5. The van der Waals surface area contributed by atoms with Crippen LogP contribution in [-0.2, 0) is 40.5 Å². The zero-order valence-electron chi connectivity index (χ0n) is 39.4. The van der Waals surface area contributed by atoms with Crippen molar-refractivity contribution >= 4 is 62.7 Å². The molecule has 0 unspecified atom stereocenters. The summed E-state index contributed by atoms with van der Waals surface area (Å²) in [6.07, 6.45) is 3.34. The Bertz CT molecular complexity index is 2730. The van der Waals surface area contributed by atoms with Crippen LogP contribution in [0.3, 0.4) is 0 Å². The predicted molar refractivity (Wildman–Crippen MR) is 265 cm³/mol. The van der Waals surface area contributed by atoms with Crippen LogP contribution in [0.25, 0.3) is 21.8 Å². The van der Waals surface area contributed by atoms with E-state index in [1.165, 1.54) is 23.1 Å². The number of carbonyl (C=O) groups is 3. The summed E-state index contributed by atoms with van der Waals surface area (Å²) in [5.41, 5.74) is 7.13. The van der Waals surface area contributed by atoms with Gasteiger partial charge in [-0.3, -0.25) is 24.2 Å². The van der Waals surface area contributed by atoms with Crippen LogP contribution in [0.4, 0.5) is 8.78 Å². The van der Waals surface area contributed by atoms with E-state index in [4.69, 9.17) is 27.9 Å². The highest BCUT2D eigenvalue weighted by atomic mass is 35.5. The quantitative estimate of drug-likeness (QED) is 0.139. The fourth-order valence-electron chi connectivity index (χ4n) is 10.3. The zero-order chi connectivity index (χ0) is 48.1. The lowest BCUT2D eigenvalue weighted by atomic mass is 9.88. The van der Waals surface area contributed by atoms with Crippen molar-refractivity contribution in [3.05, 3.63) is 140 Å². The average Bonchev–Trinajstić information content (AvgIpc) is 3.78. The molecule has 3 aliphatic rings. The summed E-state index contributed by atoms with van der Waals surface area (Å²) in [5, 5.41) is 5.87. The molecule has 0 atom stereocenters. The lowest BCUT2D eigenvalue weighted by Gasteiger charge is -2.33. The van der Waals surface area contributed by atoms with Crippen molar-refractivity contribution in [2.75, 3.05) is 73.6 Å². The SMILES string of the molecule is CNC(=O)Cn1c(C(=O)N2CCOCC2)c(CN2CCC(c3c(F)cccc3Cl)CC2)c2ccccc21.Cc1c(CN2CCC(c3c(F)cccc3Cl)CC2)c2ccccc2n1CC(=O)N(C)C. The van der Waals surface area contributed by atoms with Gasteiger partial charge in [0.25, 0.3) is 5.91 Å². The number of hydrogen-bond acceptors (Lipinski definition) is 6. The van der Waals surface area contributed by atoms with Crippen LogP contribution in [0.15, 0.2) is 84.9 Å². The third-order valence-corrected chi connectivity index (χ3v) is 14.7. The predicted octanol–water partition coefficient (Wildman–Crippen LogP) is 9.24. The Morgan fingerprint density at radius 3 is 1.65 bits per heavy atom. The number of amides is 3. The minimum absolute atomic E-state index is 0.0639. The number of morpholine rings is 1. The number of ether oxygens (including phenoxy) is 1. The molecule has 3 saturated heterocycles. The van der Waals surface area contributed by atoms with Gasteiger partial charge >= 0.3 is 0 Å². The van der Waals surface area contributed by atoms with Gasteiger partial charge in [0.15, 0.2) is 0 Å². The Labute approximate surface area is 407 Å². The first-order valence-corrected chi connectivity index (χ1v) is 24.4. The highest BCUT2D eigenvalue weighted by Gasteiger charge is 2.32. The monoisotopic (exact) mass is 967 g/mol. The van der Waals surface area contributed by atoms with Crippen LogP contribution in [0, 0.1) is 18.6 Å². The number of likely N-dealkylation sites (tertiary alicyclic amines) is 2. The summed E-state index contributed by atoms with van der Waals surface area (Å²) < 4.78 is 38.3. The number of halogens is 4. The summed E-state index contributed by atoms with van der Waals surface area (Å²) in [4.78, 5) is 46.9. The summed E-state index contributed by atoms with van der Waals surface area (Å²) in [5.74, 6) is -0.383. The van der Waals surface area contributed by atoms with Crippen molar-refractivity contribution in [1.29, 1.82) is 0 Å². The van der Waals surface area contributed by atoms with Crippen molar-refractivity contribution in [2.45, 2.75) is 70.6 Å². The van der Waals surface area contributed by atoms with Crippen molar-refractivity contribution in [3.8, 4) is 0 Å². The van der Waals surface area contributed by atoms with E-state index in [2.05, 4.69) is 44.8 Å². The molecule has 9 rings (SSSR count). The van der Waals surface area contributed by atoms with Crippen molar-refractivity contribution in [2.24, 2.45) is 0 Å². The van der Waals surface area contributed by atoms with Gasteiger partial charge in [0.1, 0.15) is 30.4 Å². The molecule has 0 radical (unpaired) electrons. The molecular weight excluding hydrogens is 908 g/mol. The van der Waals surface area contributed by atoms with E-state index in [1.807, 2.05) is 39.8 Å². The van der Waals surface area contributed by atoms with E-state index in [9.17, 15) is 23.2 Å². The van der Waals surface area contributed by atoms with Crippen LogP contribution in [0.5, 0.6) is 0 Å². The van der Waals surface area contributed by atoms with Gasteiger partial charge in [-0.25, -0.2) is 8.78 Å². The molecule has 6 aromatic rings. The van der Waals surface area contributed by atoms with Gasteiger partial charge in [-0.1, -0.05) is 71.7 Å². The number of piperidine rings is 2. The molecule has 360 valence electrons. The minimum Gasteiger partial charge on any atom is -0.378 e. The third kappa shape index (κ3) is 10.6. The Hall–Kier alpha value is -5.31. The maximum atomic E-state index is 14.5. The van der Waals surface area contributed by atoms with Crippen molar-refractivity contribution in [1.82, 2.24) is 34.1 Å². The van der Waals surface area contributed by atoms with Crippen molar-refractivity contribution < 1.29 is 27.9 Å². The van der Waals surface area contributed by atoms with Gasteiger partial charge in [-0.15, -0.1) is 0 Å². The Morgan fingerprint density at radius 2 is 1.15 bits per heavy atom. The molecule has 68 heavy (non-hydrogen) atoms. The number of fused-ring (bicyclic) bond motifs is 2. The van der Waals surface area contributed by atoms with Gasteiger partial charge in [-0.05, 0) is 113 Å². The highest BCUT2D eigenvalue weighted by molar-refractivity contribution is 6.31. The second-order valence-electron chi connectivity index (χ2n) is 18.3. The Balaban J connectivity index is 0.000000187. The van der Waals surface area contributed by atoms with Gasteiger partial charge < -0.3 is 29.0 Å². The summed E-state index contributed by atoms with van der Waals surface area (Å²) in [7, 11) is 5.18. The molecule has 5 heterocycles. The molecule has 3 amide bonds. The molecular formula is C53H61Cl2F2N7O4. The zero-order valence-corrected chi connectivity index (χ0v) is 40.9. The van der Waals surface area contributed by atoms with Crippen LogP contribution in [0.1, 0.15) is 76.0 Å². The van der Waals surface area contributed by atoms with E-state index >= 15 is 0 Å². The number of benzene rings is 4. The lowest BCUT2D eigenvalue weighted by Crippen LogP contribution is -2.42. The fourth-order valence-corrected chi connectivity index (χ4v) is 10.9. The summed E-state index contributed by atoms with van der Waals surface area (Å²) in [6.45, 7) is 9.26. The smallest absolute Gasteiger partial charge is 0.271 e. The number of likely N-dealkylation sites (N-methyl/N-ethyl adjacent to an activating group) is 2. The standard InChI is InChI=1S/C28H32ClFN4O3.C25H29ClFN3O/c1-31-25(35)18-34-24-8-3-2-5-20(24)21(27(34)28(36)33-13-15-37-16-14-33)17-32-11-9-19(10-12-32)26-22(29)6-4-7-23(26)30;1-17-20(19-7-4-5-10-23(19)30(17)16-24(31)28(2)3)15-29-13-11-18(12-14-29)25-21(26)8-6-9-22(25)27/h2-8,19H,9-18H2,1H3,(H,31,35);4-10,18H,11-16H2,1-3H3. The third-order valence-electron chi connectivity index (χ3n) is 14.1. The molecule has 2 aromatic heterocycles. The number of aromatic nitrogens is 2. The van der Waals surface area contributed by atoms with Crippen LogP contribution < -0.4 is 5.32 Å². The Morgan fingerprint density at radius 1 is 0.662 bits per heavy atom. The number of nitrogens with zero attached hydrogens (tertiary/aromatic N) is 6. The first-order chi connectivity index (χ1) is 32.8. The second kappa shape index (κ2) is 22.0. The van der Waals surface area contributed by atoms with Crippen LogP contribution in [-0.4, -0.2) is 120 Å². The molecule has 3 aliphatic heterocycles. The summed E-state index contributed by atoms with van der Waals surface area (Å²) in [6, 6.07) is 26.0. The topological polar surface area (TPSA) is 95.3 Å². The maximum Gasteiger partial charge on any atom is 0.271 e. The van der Waals surface area contributed by atoms with E-state index < -0.39 is 0 Å². The van der Waals surface area contributed by atoms with Gasteiger partial charge in [0.2, 0.25) is 11.8 Å². The normalized spacial score (nSPS) is 16.5. The van der Waals surface area contributed by atoms with E-state index in [-0.39, 0.29) is 47.7 Å². The lowest BCUT2D eigenvalue weighted by molar-refractivity contribution is -0.129. The molecule has 4 aromatic carbocycles. The minimum atomic E-state index is -0.249. The largest absolute Gasteiger partial charge is 0.378 e. The molecule has 0 saturated carbocycles. The molecule has 3 fully saturated rings. The van der Waals surface area contributed by atoms with E-state index in [0.717, 1.165) is 86.1 Å². The van der Waals surface area contributed by atoms with Crippen molar-refractivity contribution in [3.63, 3.8) is 0 Å². The fraction of sp³-hybridized carbons (Fsp3) is 0.415. The molecule has 15 heteroatoms. The number of hydrogen-bond donors (Lipinski definition) is 1. The first kappa shape index (κ1) is 49.1. The molecule has 0 aliphatic carbocycles. The summed E-state index contributed by atoms with van der Waals surface area (Å²) >= 11 is 12.6. The number of para-hydroxylation sites is 2. The van der Waals surface area contributed by atoms with Gasteiger partial charge in [-0.2, -0.15) is 0 Å². The molecule has 0 spiro atoms. The van der Waals surface area contributed by atoms with E-state index in [0.29, 0.717) is 66.3 Å². The molecule has 11 nitrogen and oxygen atoms in total. The van der Waals surface area contributed by atoms with Gasteiger partial charge in [0, 0.05) is 102 Å².